The number of para-hydroxylation sites is 1. The lowest BCUT2D eigenvalue weighted by atomic mass is 10.2. The molecule has 2 aromatic carbocycles. The highest BCUT2D eigenvalue weighted by Gasteiger charge is 2.14. The number of fused-ring (bicyclic) bond motifs is 1. The summed E-state index contributed by atoms with van der Waals surface area (Å²) in [5, 5.41) is 12.6. The standard InChI is InChI=1S/C20H17ClN6OS/c1-13-4-2-3-5-16(13)24-17(28)11-29-20-18-19(22-12-23-20)27(26-25-18)10-14-6-8-15(21)9-7-14/h2-9,12H,10-11H2,1H3,(H,24,28). The fraction of sp³-hybridized carbons (Fsp3) is 0.150. The number of hydrogen-bond acceptors (Lipinski definition) is 6. The number of hydrogen-bond donors (Lipinski definition) is 1. The van der Waals surface area contributed by atoms with Gasteiger partial charge in [-0.05, 0) is 36.2 Å². The van der Waals surface area contributed by atoms with Crippen LogP contribution in [0.15, 0.2) is 59.9 Å². The minimum atomic E-state index is -0.107. The number of nitrogens with zero attached hydrogens (tertiary/aromatic N) is 5. The van der Waals surface area contributed by atoms with Crippen molar-refractivity contribution in [3.8, 4) is 0 Å². The van der Waals surface area contributed by atoms with Crippen LogP contribution in [-0.2, 0) is 11.3 Å². The van der Waals surface area contributed by atoms with Crippen LogP contribution in [0, 0.1) is 6.92 Å². The fourth-order valence-corrected chi connectivity index (χ4v) is 3.64. The molecule has 0 aliphatic carbocycles. The van der Waals surface area contributed by atoms with E-state index < -0.39 is 0 Å². The highest BCUT2D eigenvalue weighted by molar-refractivity contribution is 8.00. The first-order valence-corrected chi connectivity index (χ1v) is 10.2. The zero-order valence-electron chi connectivity index (χ0n) is 15.5. The van der Waals surface area contributed by atoms with Crippen molar-refractivity contribution in [2.75, 3.05) is 11.1 Å². The minimum absolute atomic E-state index is 0.107. The van der Waals surface area contributed by atoms with Gasteiger partial charge in [-0.15, -0.1) is 5.10 Å². The Hall–Kier alpha value is -2.97. The molecule has 0 spiro atoms. The molecule has 9 heteroatoms. The Balaban J connectivity index is 1.47. The minimum Gasteiger partial charge on any atom is -0.325 e. The molecule has 2 aromatic heterocycles. The van der Waals surface area contributed by atoms with E-state index in [9.17, 15) is 4.79 Å². The van der Waals surface area contributed by atoms with Gasteiger partial charge >= 0.3 is 0 Å². The van der Waals surface area contributed by atoms with Crippen molar-refractivity contribution in [1.29, 1.82) is 0 Å². The molecule has 0 bridgehead atoms. The third kappa shape index (κ3) is 4.55. The van der Waals surface area contributed by atoms with Crippen LogP contribution in [0.25, 0.3) is 11.2 Å². The first-order valence-electron chi connectivity index (χ1n) is 8.87. The summed E-state index contributed by atoms with van der Waals surface area (Å²) in [4.78, 5) is 20.9. The van der Waals surface area contributed by atoms with Gasteiger partial charge in [-0.2, -0.15) is 0 Å². The van der Waals surface area contributed by atoms with Gasteiger partial charge in [0.1, 0.15) is 11.4 Å². The van der Waals surface area contributed by atoms with E-state index in [1.807, 2.05) is 55.5 Å². The molecule has 0 saturated carbocycles. The van der Waals surface area contributed by atoms with E-state index in [-0.39, 0.29) is 11.7 Å². The number of thioether (sulfide) groups is 1. The molecule has 0 fully saturated rings. The molecule has 0 aliphatic rings. The van der Waals surface area contributed by atoms with Crippen LogP contribution in [-0.4, -0.2) is 36.6 Å². The molecular weight excluding hydrogens is 408 g/mol. The van der Waals surface area contributed by atoms with Crippen molar-refractivity contribution in [2.24, 2.45) is 0 Å². The molecular formula is C20H17ClN6OS. The Morgan fingerprint density at radius 3 is 2.72 bits per heavy atom. The molecule has 0 atom stereocenters. The van der Waals surface area contributed by atoms with Crippen molar-refractivity contribution < 1.29 is 4.79 Å². The van der Waals surface area contributed by atoms with Crippen LogP contribution in [0.4, 0.5) is 5.69 Å². The number of carbonyl (C=O) groups excluding carboxylic acids is 1. The molecule has 7 nitrogen and oxygen atoms in total. The van der Waals surface area contributed by atoms with E-state index in [0.717, 1.165) is 16.8 Å². The van der Waals surface area contributed by atoms with Crippen molar-refractivity contribution in [3.05, 3.63) is 71.0 Å². The topological polar surface area (TPSA) is 85.6 Å². The predicted molar refractivity (Wildman–Crippen MR) is 114 cm³/mol. The molecule has 2 heterocycles. The number of carbonyl (C=O) groups is 1. The van der Waals surface area contributed by atoms with E-state index in [1.54, 1.807) is 4.68 Å². The van der Waals surface area contributed by atoms with E-state index in [1.165, 1.54) is 18.1 Å². The Morgan fingerprint density at radius 2 is 1.93 bits per heavy atom. The van der Waals surface area contributed by atoms with E-state index in [4.69, 9.17) is 11.6 Å². The lowest BCUT2D eigenvalue weighted by Gasteiger charge is -2.07. The second-order valence-corrected chi connectivity index (χ2v) is 7.78. The fourth-order valence-electron chi connectivity index (χ4n) is 2.78. The zero-order valence-corrected chi connectivity index (χ0v) is 17.1. The van der Waals surface area contributed by atoms with Gasteiger partial charge in [-0.1, -0.05) is 58.9 Å². The first-order chi connectivity index (χ1) is 14.1. The number of amides is 1. The Labute approximate surface area is 176 Å². The number of rotatable bonds is 6. The van der Waals surface area contributed by atoms with Crippen molar-refractivity contribution in [1.82, 2.24) is 25.0 Å². The molecule has 146 valence electrons. The van der Waals surface area contributed by atoms with Crippen LogP contribution in [0.2, 0.25) is 5.02 Å². The zero-order chi connectivity index (χ0) is 20.2. The van der Waals surface area contributed by atoms with Gasteiger partial charge in [0.2, 0.25) is 5.91 Å². The summed E-state index contributed by atoms with van der Waals surface area (Å²) in [5.74, 6) is 0.106. The van der Waals surface area contributed by atoms with Gasteiger partial charge in [0.15, 0.2) is 11.2 Å². The highest BCUT2D eigenvalue weighted by atomic mass is 35.5. The summed E-state index contributed by atoms with van der Waals surface area (Å²) < 4.78 is 1.71. The lowest BCUT2D eigenvalue weighted by Crippen LogP contribution is -2.14. The molecule has 1 N–H and O–H groups in total. The average molecular weight is 425 g/mol. The molecule has 0 aliphatic heterocycles. The number of halogens is 1. The maximum Gasteiger partial charge on any atom is 0.234 e. The number of aromatic nitrogens is 5. The highest BCUT2D eigenvalue weighted by Crippen LogP contribution is 2.23. The van der Waals surface area contributed by atoms with Crippen molar-refractivity contribution >= 4 is 46.1 Å². The van der Waals surface area contributed by atoms with Crippen LogP contribution in [0.1, 0.15) is 11.1 Å². The number of benzene rings is 2. The predicted octanol–water partition coefficient (Wildman–Crippen LogP) is 3.96. The molecule has 1 amide bonds. The molecule has 4 rings (SSSR count). The third-order valence-corrected chi connectivity index (χ3v) is 5.50. The van der Waals surface area contributed by atoms with Crippen molar-refractivity contribution in [3.63, 3.8) is 0 Å². The summed E-state index contributed by atoms with van der Waals surface area (Å²) in [6.07, 6.45) is 1.46. The Bertz CT molecular complexity index is 1160. The molecule has 0 unspecified atom stereocenters. The largest absolute Gasteiger partial charge is 0.325 e. The van der Waals surface area contributed by atoms with Crippen LogP contribution in [0.3, 0.4) is 0 Å². The van der Waals surface area contributed by atoms with Crippen LogP contribution >= 0.6 is 23.4 Å². The quantitative estimate of drug-likeness (QED) is 0.372. The Kier molecular flexibility index (Phi) is 5.73. The Morgan fingerprint density at radius 1 is 1.14 bits per heavy atom. The molecule has 0 saturated heterocycles. The smallest absolute Gasteiger partial charge is 0.234 e. The van der Waals surface area contributed by atoms with Gasteiger partial charge in [0, 0.05) is 10.7 Å². The van der Waals surface area contributed by atoms with Crippen molar-refractivity contribution in [2.45, 2.75) is 18.5 Å². The maximum absolute atomic E-state index is 12.3. The molecule has 29 heavy (non-hydrogen) atoms. The van der Waals surface area contributed by atoms with E-state index >= 15 is 0 Å². The average Bonchev–Trinajstić information content (AvgIpc) is 3.13. The molecule has 4 aromatic rings. The first kappa shape index (κ1) is 19.4. The van der Waals surface area contributed by atoms with Gasteiger partial charge < -0.3 is 5.32 Å². The van der Waals surface area contributed by atoms with Crippen LogP contribution in [0.5, 0.6) is 0 Å². The third-order valence-electron chi connectivity index (χ3n) is 4.27. The maximum atomic E-state index is 12.3. The lowest BCUT2D eigenvalue weighted by molar-refractivity contribution is -0.113. The summed E-state index contributed by atoms with van der Waals surface area (Å²) in [6.45, 7) is 2.47. The van der Waals surface area contributed by atoms with Gasteiger partial charge in [0.25, 0.3) is 0 Å². The van der Waals surface area contributed by atoms with Gasteiger partial charge in [-0.25, -0.2) is 14.6 Å². The summed E-state index contributed by atoms with van der Waals surface area (Å²) in [5.41, 5.74) is 4.05. The molecule has 0 radical (unpaired) electrons. The van der Waals surface area contributed by atoms with Crippen LogP contribution < -0.4 is 5.32 Å². The number of nitrogens with one attached hydrogen (secondary N) is 1. The summed E-state index contributed by atoms with van der Waals surface area (Å²) in [7, 11) is 0. The SMILES string of the molecule is Cc1ccccc1NC(=O)CSc1ncnc2c1nnn2Cc1ccc(Cl)cc1. The second-order valence-electron chi connectivity index (χ2n) is 6.38. The number of aryl methyl sites for hydroxylation is 1. The van der Waals surface area contributed by atoms with E-state index in [2.05, 4.69) is 25.6 Å². The van der Waals surface area contributed by atoms with Gasteiger partial charge in [0.05, 0.1) is 12.3 Å². The number of anilines is 1. The van der Waals surface area contributed by atoms with E-state index in [0.29, 0.717) is 27.8 Å². The summed E-state index contributed by atoms with van der Waals surface area (Å²) >= 11 is 7.25. The second kappa shape index (κ2) is 8.59. The van der Waals surface area contributed by atoms with Gasteiger partial charge in [-0.3, -0.25) is 4.79 Å². The normalized spacial score (nSPS) is 11.0. The monoisotopic (exact) mass is 424 g/mol. The summed E-state index contributed by atoms with van der Waals surface area (Å²) in [6, 6.07) is 15.2.